The Kier molecular flexibility index (Phi) is 3.36. The highest BCUT2D eigenvalue weighted by atomic mass is 19.2. The van der Waals surface area contributed by atoms with Gasteiger partial charge in [0.15, 0.2) is 11.6 Å². The van der Waals surface area contributed by atoms with Crippen LogP contribution in [0.5, 0.6) is 0 Å². The topological polar surface area (TPSA) is 61.1 Å². The molecule has 0 radical (unpaired) electrons. The van der Waals surface area contributed by atoms with Gasteiger partial charge in [-0.3, -0.25) is 4.79 Å². The smallest absolute Gasteiger partial charge is 0.207 e. The highest BCUT2D eigenvalue weighted by molar-refractivity contribution is 6.11. The fourth-order valence-corrected chi connectivity index (χ4v) is 1.08. The van der Waals surface area contributed by atoms with Crippen LogP contribution in [0.4, 0.5) is 8.78 Å². The van der Waals surface area contributed by atoms with Crippen molar-refractivity contribution in [3.8, 4) is 6.07 Å². The van der Waals surface area contributed by atoms with Crippen LogP contribution in [0, 0.1) is 23.0 Å². The van der Waals surface area contributed by atoms with Crippen LogP contribution in [0.25, 0.3) is 0 Å². The molecule has 0 spiro atoms. The van der Waals surface area contributed by atoms with Crippen molar-refractivity contribution < 1.29 is 18.7 Å². The summed E-state index contributed by atoms with van der Waals surface area (Å²) >= 11 is 0. The Morgan fingerprint density at radius 2 is 2.00 bits per heavy atom. The van der Waals surface area contributed by atoms with Crippen LogP contribution in [-0.4, -0.2) is 10.9 Å². The summed E-state index contributed by atoms with van der Waals surface area (Å²) in [6.45, 7) is 1.16. The lowest BCUT2D eigenvalue weighted by Gasteiger charge is -2.01. The second-order valence-electron chi connectivity index (χ2n) is 3.03. The summed E-state index contributed by atoms with van der Waals surface area (Å²) in [5, 5.41) is 17.6. The number of ketones is 1. The second kappa shape index (κ2) is 4.53. The second-order valence-corrected chi connectivity index (χ2v) is 3.03. The maximum Gasteiger partial charge on any atom is 0.207 e. The number of aliphatic hydroxyl groups is 1. The predicted octanol–water partition coefficient (Wildman–Crippen LogP) is 2.50. The predicted molar refractivity (Wildman–Crippen MR) is 51.6 cm³/mol. The average Bonchev–Trinajstić information content (AvgIpc) is 2.22. The van der Waals surface area contributed by atoms with Gasteiger partial charge in [0.05, 0.1) is 0 Å². The summed E-state index contributed by atoms with van der Waals surface area (Å²) in [6, 6.07) is 4.00. The summed E-state index contributed by atoms with van der Waals surface area (Å²) in [4.78, 5) is 11.6. The Labute approximate surface area is 90.2 Å². The van der Waals surface area contributed by atoms with E-state index in [-0.39, 0.29) is 5.56 Å². The van der Waals surface area contributed by atoms with Gasteiger partial charge in [-0.2, -0.15) is 5.26 Å². The summed E-state index contributed by atoms with van der Waals surface area (Å²) in [5.74, 6) is -3.57. The number of rotatable bonds is 2. The van der Waals surface area contributed by atoms with Crippen LogP contribution < -0.4 is 0 Å². The number of carbonyl (C=O) groups excluding carboxylic acids is 1. The number of hydrogen-bond acceptors (Lipinski definition) is 3. The van der Waals surface area contributed by atoms with Gasteiger partial charge in [-0.15, -0.1) is 0 Å². The quantitative estimate of drug-likeness (QED) is 0.362. The zero-order valence-electron chi connectivity index (χ0n) is 8.29. The van der Waals surface area contributed by atoms with Gasteiger partial charge in [-0.25, -0.2) is 8.78 Å². The van der Waals surface area contributed by atoms with E-state index < -0.39 is 28.7 Å². The van der Waals surface area contributed by atoms with Crippen LogP contribution >= 0.6 is 0 Å². The summed E-state index contributed by atoms with van der Waals surface area (Å²) < 4.78 is 25.4. The van der Waals surface area contributed by atoms with Crippen LogP contribution in [0.15, 0.2) is 29.5 Å². The number of carbonyl (C=O) groups is 1. The molecule has 0 amide bonds. The lowest BCUT2D eigenvalue weighted by molar-refractivity contribution is 0.103. The van der Waals surface area contributed by atoms with E-state index in [1.54, 1.807) is 0 Å². The minimum Gasteiger partial charge on any atom is -0.511 e. The van der Waals surface area contributed by atoms with Crippen LogP contribution in [0.1, 0.15) is 17.3 Å². The van der Waals surface area contributed by atoms with Crippen LogP contribution in [0.2, 0.25) is 0 Å². The zero-order chi connectivity index (χ0) is 12.3. The molecule has 1 aromatic carbocycles. The largest absolute Gasteiger partial charge is 0.511 e. The zero-order valence-corrected chi connectivity index (χ0v) is 8.29. The van der Waals surface area contributed by atoms with Gasteiger partial charge in [-0.1, -0.05) is 0 Å². The van der Waals surface area contributed by atoms with Gasteiger partial charge in [0.1, 0.15) is 17.4 Å². The number of halogens is 2. The minimum atomic E-state index is -1.18. The average molecular weight is 223 g/mol. The molecule has 0 bridgehead atoms. The molecule has 0 aliphatic rings. The molecule has 0 aliphatic carbocycles. The number of aliphatic hydroxyl groups excluding tert-OH is 1. The molecule has 0 aromatic heterocycles. The number of benzene rings is 1. The van der Waals surface area contributed by atoms with Gasteiger partial charge in [0.2, 0.25) is 5.78 Å². The first-order valence-corrected chi connectivity index (χ1v) is 4.27. The van der Waals surface area contributed by atoms with E-state index in [1.165, 1.54) is 6.07 Å². The number of Topliss-reactive ketones (excluding diaryl/α,β-unsaturated/α-hetero) is 1. The molecule has 82 valence electrons. The van der Waals surface area contributed by atoms with Crippen LogP contribution in [-0.2, 0) is 0 Å². The van der Waals surface area contributed by atoms with Crippen molar-refractivity contribution in [2.75, 3.05) is 0 Å². The fraction of sp³-hybridized carbons (Fsp3) is 0.0909. The van der Waals surface area contributed by atoms with Crippen molar-refractivity contribution in [2.45, 2.75) is 6.92 Å². The normalized spacial score (nSPS) is 11.6. The Balaban J connectivity index is 3.22. The van der Waals surface area contributed by atoms with Crippen molar-refractivity contribution >= 4 is 5.78 Å². The molecule has 0 saturated carbocycles. The number of nitrogens with zero attached hydrogens (tertiary/aromatic N) is 1. The lowest BCUT2D eigenvalue weighted by Crippen LogP contribution is -2.05. The third-order valence-corrected chi connectivity index (χ3v) is 1.88. The molecule has 3 nitrogen and oxygen atoms in total. The molecule has 16 heavy (non-hydrogen) atoms. The van der Waals surface area contributed by atoms with Crippen molar-refractivity contribution in [1.29, 1.82) is 5.26 Å². The molecule has 1 rings (SSSR count). The molecular formula is C11H7F2NO2. The molecule has 0 heterocycles. The SMILES string of the molecule is C/C(O)=C(\C#N)C(=O)c1ccc(F)c(F)c1. The van der Waals surface area contributed by atoms with Crippen molar-refractivity contribution in [3.63, 3.8) is 0 Å². The van der Waals surface area contributed by atoms with Gasteiger partial charge in [0, 0.05) is 5.56 Å². The van der Waals surface area contributed by atoms with E-state index in [4.69, 9.17) is 10.4 Å². The van der Waals surface area contributed by atoms with Crippen LogP contribution in [0.3, 0.4) is 0 Å². The molecule has 0 unspecified atom stereocenters. The Morgan fingerprint density at radius 1 is 1.38 bits per heavy atom. The Hall–Kier alpha value is -2.22. The fourth-order valence-electron chi connectivity index (χ4n) is 1.08. The highest BCUT2D eigenvalue weighted by Gasteiger charge is 2.16. The highest BCUT2D eigenvalue weighted by Crippen LogP contribution is 2.14. The molecule has 0 atom stereocenters. The molecule has 0 fully saturated rings. The van der Waals surface area contributed by atoms with Gasteiger partial charge >= 0.3 is 0 Å². The molecule has 0 saturated heterocycles. The van der Waals surface area contributed by atoms with E-state index >= 15 is 0 Å². The summed E-state index contributed by atoms with van der Waals surface area (Å²) in [6.07, 6.45) is 0. The first-order chi connectivity index (χ1) is 7.47. The van der Waals surface area contributed by atoms with Gasteiger partial charge in [-0.05, 0) is 25.1 Å². The molecule has 5 heteroatoms. The van der Waals surface area contributed by atoms with E-state index in [9.17, 15) is 13.6 Å². The number of nitriles is 1. The van der Waals surface area contributed by atoms with E-state index in [1.807, 2.05) is 0 Å². The Bertz CT molecular complexity index is 511. The molecule has 1 aromatic rings. The maximum atomic E-state index is 12.8. The van der Waals surface area contributed by atoms with E-state index in [0.717, 1.165) is 19.1 Å². The van der Waals surface area contributed by atoms with E-state index in [0.29, 0.717) is 6.07 Å². The first kappa shape index (κ1) is 11.9. The van der Waals surface area contributed by atoms with Crippen molar-refractivity contribution in [2.24, 2.45) is 0 Å². The van der Waals surface area contributed by atoms with Gasteiger partial charge in [0.25, 0.3) is 0 Å². The molecule has 1 N–H and O–H groups in total. The number of allylic oxidation sites excluding steroid dienone is 2. The molecular weight excluding hydrogens is 216 g/mol. The van der Waals surface area contributed by atoms with Gasteiger partial charge < -0.3 is 5.11 Å². The van der Waals surface area contributed by atoms with Crippen molar-refractivity contribution in [1.82, 2.24) is 0 Å². The van der Waals surface area contributed by atoms with Crippen molar-refractivity contribution in [3.05, 3.63) is 46.7 Å². The first-order valence-electron chi connectivity index (χ1n) is 4.27. The number of hydrogen-bond donors (Lipinski definition) is 1. The minimum absolute atomic E-state index is 0.191. The van der Waals surface area contributed by atoms with E-state index in [2.05, 4.69) is 0 Å². The summed E-state index contributed by atoms with van der Waals surface area (Å²) in [5.41, 5.74) is -0.685. The maximum absolute atomic E-state index is 12.8. The summed E-state index contributed by atoms with van der Waals surface area (Å²) in [7, 11) is 0. The monoisotopic (exact) mass is 223 g/mol. The third kappa shape index (κ3) is 2.23. The standard InChI is InChI=1S/C11H7F2NO2/c1-6(15)8(5-14)11(16)7-2-3-9(12)10(13)4-7/h2-4,15H,1H3/b8-6-. The lowest BCUT2D eigenvalue weighted by atomic mass is 10.0. The third-order valence-electron chi connectivity index (χ3n) is 1.88. The molecule has 0 aliphatic heterocycles. The Morgan fingerprint density at radius 3 is 2.44 bits per heavy atom.